The Kier molecular flexibility index (Phi) is 5.54. The molecule has 0 radical (unpaired) electrons. The normalized spacial score (nSPS) is 14.9. The highest BCUT2D eigenvalue weighted by Gasteiger charge is 2.30. The first-order valence-corrected chi connectivity index (χ1v) is 10.6. The van der Waals surface area contributed by atoms with Crippen LogP contribution in [0.25, 0.3) is 0 Å². The van der Waals surface area contributed by atoms with E-state index in [4.69, 9.17) is 0 Å². The van der Waals surface area contributed by atoms with Crippen LogP contribution < -0.4 is 0 Å². The molecule has 0 aliphatic carbocycles. The van der Waals surface area contributed by atoms with Gasteiger partial charge in [0.15, 0.2) is 5.82 Å². The van der Waals surface area contributed by atoms with E-state index < -0.39 is 0 Å². The lowest BCUT2D eigenvalue weighted by Crippen LogP contribution is -2.36. The molecule has 1 unspecified atom stereocenters. The van der Waals surface area contributed by atoms with Gasteiger partial charge in [0.05, 0.1) is 6.04 Å². The number of hydrogen-bond donors (Lipinski definition) is 0. The molecule has 156 valence electrons. The molecular formula is C25H24FN5. The molecule has 0 bridgehead atoms. The van der Waals surface area contributed by atoms with Crippen LogP contribution in [0.4, 0.5) is 4.39 Å². The number of fused-ring (bicyclic) bond motifs is 1. The zero-order chi connectivity index (χ0) is 21.0. The summed E-state index contributed by atoms with van der Waals surface area (Å²) < 4.78 is 15.6. The van der Waals surface area contributed by atoms with Gasteiger partial charge in [-0.2, -0.15) is 0 Å². The lowest BCUT2D eigenvalue weighted by atomic mass is 9.96. The van der Waals surface area contributed by atoms with Gasteiger partial charge in [0.1, 0.15) is 5.82 Å². The predicted octanol–water partition coefficient (Wildman–Crippen LogP) is 4.20. The quantitative estimate of drug-likeness (QED) is 0.475. The second-order valence-corrected chi connectivity index (χ2v) is 7.94. The van der Waals surface area contributed by atoms with Crippen LogP contribution in [0.3, 0.4) is 0 Å². The van der Waals surface area contributed by atoms with Crippen molar-refractivity contribution in [2.45, 2.75) is 32.0 Å². The molecule has 1 aliphatic heterocycles. The summed E-state index contributed by atoms with van der Waals surface area (Å²) in [5, 5.41) is 12.7. The number of nitrogens with zero attached hydrogens (tertiary/aromatic N) is 5. The minimum absolute atomic E-state index is 0.139. The zero-order valence-corrected chi connectivity index (χ0v) is 17.2. The van der Waals surface area contributed by atoms with E-state index in [1.165, 1.54) is 28.8 Å². The number of benzene rings is 3. The van der Waals surface area contributed by atoms with Crippen LogP contribution in [-0.4, -0.2) is 31.7 Å². The van der Waals surface area contributed by atoms with Crippen molar-refractivity contribution >= 4 is 0 Å². The van der Waals surface area contributed by atoms with Gasteiger partial charge < -0.3 is 0 Å². The van der Waals surface area contributed by atoms with Gasteiger partial charge in [0.2, 0.25) is 0 Å². The Morgan fingerprint density at radius 1 is 0.871 bits per heavy atom. The average Bonchev–Trinajstić information content (AvgIpc) is 3.28. The van der Waals surface area contributed by atoms with Gasteiger partial charge in [-0.25, -0.2) is 9.07 Å². The van der Waals surface area contributed by atoms with E-state index in [1.807, 2.05) is 35.0 Å². The third-order valence-corrected chi connectivity index (χ3v) is 5.97. The van der Waals surface area contributed by atoms with E-state index in [-0.39, 0.29) is 11.9 Å². The Bertz CT molecular complexity index is 1140. The molecule has 0 N–H and O–H groups in total. The molecule has 4 aromatic rings. The number of aryl methyl sites for hydroxylation is 2. The van der Waals surface area contributed by atoms with E-state index in [1.54, 1.807) is 0 Å². The van der Waals surface area contributed by atoms with Crippen molar-refractivity contribution in [3.8, 4) is 0 Å². The summed E-state index contributed by atoms with van der Waals surface area (Å²) in [5.41, 5.74) is 4.95. The fraction of sp³-hybridized carbons (Fsp3) is 0.240. The second-order valence-electron chi connectivity index (χ2n) is 7.94. The van der Waals surface area contributed by atoms with Gasteiger partial charge in [0, 0.05) is 19.6 Å². The fourth-order valence-electron chi connectivity index (χ4n) is 4.35. The summed E-state index contributed by atoms with van der Waals surface area (Å²) in [6, 6.07) is 25.5. The highest BCUT2D eigenvalue weighted by atomic mass is 19.1. The summed E-state index contributed by atoms with van der Waals surface area (Å²) in [4.78, 5) is 2.39. The van der Waals surface area contributed by atoms with Crippen molar-refractivity contribution < 1.29 is 4.39 Å². The van der Waals surface area contributed by atoms with E-state index >= 15 is 0 Å². The Labute approximate surface area is 181 Å². The van der Waals surface area contributed by atoms with Gasteiger partial charge in [-0.1, -0.05) is 66.7 Å². The second kappa shape index (κ2) is 8.78. The third kappa shape index (κ3) is 4.25. The van der Waals surface area contributed by atoms with Crippen molar-refractivity contribution in [2.75, 3.05) is 6.54 Å². The molecule has 31 heavy (non-hydrogen) atoms. The largest absolute Gasteiger partial charge is 0.285 e. The van der Waals surface area contributed by atoms with Gasteiger partial charge in [-0.15, -0.1) is 5.10 Å². The van der Waals surface area contributed by atoms with E-state index in [2.05, 4.69) is 56.8 Å². The molecule has 0 saturated carbocycles. The molecule has 0 saturated heterocycles. The highest BCUT2D eigenvalue weighted by Crippen LogP contribution is 2.32. The predicted molar refractivity (Wildman–Crippen MR) is 117 cm³/mol. The van der Waals surface area contributed by atoms with Gasteiger partial charge in [-0.3, -0.25) is 4.90 Å². The molecule has 0 fully saturated rings. The first-order valence-electron chi connectivity index (χ1n) is 10.6. The fourth-order valence-corrected chi connectivity index (χ4v) is 4.35. The van der Waals surface area contributed by atoms with Crippen LogP contribution in [-0.2, 0) is 25.9 Å². The lowest BCUT2D eigenvalue weighted by Gasteiger charge is -2.35. The van der Waals surface area contributed by atoms with Crippen LogP contribution >= 0.6 is 0 Å². The molecule has 6 heteroatoms. The molecule has 0 amide bonds. The number of halogens is 1. The summed E-state index contributed by atoms with van der Waals surface area (Å²) in [7, 11) is 0. The first-order chi connectivity index (χ1) is 15.3. The Hall–Kier alpha value is -3.38. The van der Waals surface area contributed by atoms with E-state index in [0.717, 1.165) is 37.3 Å². The van der Waals surface area contributed by atoms with Gasteiger partial charge in [0.25, 0.3) is 0 Å². The summed E-state index contributed by atoms with van der Waals surface area (Å²) in [6.07, 6.45) is 1.82. The SMILES string of the molecule is Fc1ccc(C(c2nnnn2CCc2ccccc2)N2CCc3ccccc3C2)cc1. The standard InChI is InChI=1S/C25H24FN5/c26-23-12-10-21(11-13-23)24(30-16-15-20-8-4-5-9-22(20)18-30)25-27-28-29-31(25)17-14-19-6-2-1-3-7-19/h1-13,24H,14-18H2. The zero-order valence-electron chi connectivity index (χ0n) is 17.2. The first kappa shape index (κ1) is 19.6. The monoisotopic (exact) mass is 413 g/mol. The molecule has 1 aromatic heterocycles. The number of hydrogen-bond acceptors (Lipinski definition) is 4. The Balaban J connectivity index is 1.47. The maximum absolute atomic E-state index is 13.7. The molecular weight excluding hydrogens is 389 g/mol. The van der Waals surface area contributed by atoms with Crippen LogP contribution in [0, 0.1) is 5.82 Å². The molecule has 5 nitrogen and oxygen atoms in total. The number of tetrazole rings is 1. The molecule has 3 aromatic carbocycles. The van der Waals surface area contributed by atoms with Crippen LogP contribution in [0.1, 0.15) is 34.1 Å². The molecule has 1 atom stereocenters. The molecule has 2 heterocycles. The van der Waals surface area contributed by atoms with Gasteiger partial charge in [-0.05, 0) is 57.7 Å². The summed E-state index contributed by atoms with van der Waals surface area (Å²) in [5.74, 6) is 0.553. The average molecular weight is 414 g/mol. The molecule has 5 rings (SSSR count). The minimum Gasteiger partial charge on any atom is -0.285 e. The van der Waals surface area contributed by atoms with Crippen molar-refractivity contribution in [3.05, 3.63) is 113 Å². The maximum Gasteiger partial charge on any atom is 0.173 e. The minimum atomic E-state index is -0.241. The van der Waals surface area contributed by atoms with Crippen molar-refractivity contribution in [2.24, 2.45) is 0 Å². The van der Waals surface area contributed by atoms with Crippen molar-refractivity contribution in [3.63, 3.8) is 0 Å². The molecule has 1 aliphatic rings. The number of rotatable bonds is 6. The van der Waals surface area contributed by atoms with Gasteiger partial charge >= 0.3 is 0 Å². The molecule has 0 spiro atoms. The smallest absolute Gasteiger partial charge is 0.173 e. The third-order valence-electron chi connectivity index (χ3n) is 5.97. The maximum atomic E-state index is 13.7. The van der Waals surface area contributed by atoms with Crippen LogP contribution in [0.15, 0.2) is 78.9 Å². The Morgan fingerprint density at radius 2 is 1.61 bits per heavy atom. The topological polar surface area (TPSA) is 46.8 Å². The van der Waals surface area contributed by atoms with E-state index in [9.17, 15) is 4.39 Å². The Morgan fingerprint density at radius 3 is 2.42 bits per heavy atom. The summed E-state index contributed by atoms with van der Waals surface area (Å²) in [6.45, 7) is 2.39. The number of aromatic nitrogens is 4. The summed E-state index contributed by atoms with van der Waals surface area (Å²) >= 11 is 0. The highest BCUT2D eigenvalue weighted by molar-refractivity contribution is 5.32. The van der Waals surface area contributed by atoms with Crippen molar-refractivity contribution in [1.82, 2.24) is 25.1 Å². The van der Waals surface area contributed by atoms with Crippen molar-refractivity contribution in [1.29, 1.82) is 0 Å². The van der Waals surface area contributed by atoms with Crippen LogP contribution in [0.5, 0.6) is 0 Å². The van der Waals surface area contributed by atoms with Crippen LogP contribution in [0.2, 0.25) is 0 Å². The lowest BCUT2D eigenvalue weighted by molar-refractivity contribution is 0.194. The van der Waals surface area contributed by atoms with E-state index in [0.29, 0.717) is 6.54 Å².